The Bertz CT molecular complexity index is 309. The smallest absolute Gasteiger partial charge is 0.0720 e. The summed E-state index contributed by atoms with van der Waals surface area (Å²) in [6.45, 7) is 3.58. The molecule has 1 heterocycles. The van der Waals surface area contributed by atoms with Gasteiger partial charge in [0.2, 0.25) is 0 Å². The molecule has 0 aromatic heterocycles. The molecule has 2 N–H and O–H groups in total. The quantitative estimate of drug-likeness (QED) is 0.657. The van der Waals surface area contributed by atoms with E-state index in [0.29, 0.717) is 6.61 Å². The lowest BCUT2D eigenvalue weighted by atomic mass is 9.98. The van der Waals surface area contributed by atoms with Crippen molar-refractivity contribution in [3.05, 3.63) is 34.9 Å². The van der Waals surface area contributed by atoms with Crippen molar-refractivity contribution < 1.29 is 4.74 Å². The molecule has 0 saturated carbocycles. The number of fused-ring (bicyclic) bond motifs is 1. The van der Waals surface area contributed by atoms with Gasteiger partial charge in [-0.3, -0.25) is 0 Å². The van der Waals surface area contributed by atoms with Crippen molar-refractivity contribution in [2.45, 2.75) is 26.0 Å². The van der Waals surface area contributed by atoms with E-state index in [-0.39, 0.29) is 6.04 Å². The number of benzene rings is 1. The van der Waals surface area contributed by atoms with E-state index in [1.807, 2.05) is 0 Å². The van der Waals surface area contributed by atoms with E-state index in [0.717, 1.165) is 13.0 Å². The molecule has 1 aliphatic rings. The summed E-state index contributed by atoms with van der Waals surface area (Å²) in [5.74, 6) is 0. The standard InChI is InChI=1S/C11H15NO/c1-8-2-3-9-7-13-5-4-11(12)10(9)6-8/h2-3,6,11H,4-5,7,12H2,1H3/t11-/m1/s1. The van der Waals surface area contributed by atoms with Gasteiger partial charge in [-0.05, 0) is 24.5 Å². The van der Waals surface area contributed by atoms with Crippen molar-refractivity contribution in [1.29, 1.82) is 0 Å². The Hall–Kier alpha value is -0.860. The van der Waals surface area contributed by atoms with Crippen LogP contribution < -0.4 is 5.73 Å². The molecule has 0 saturated heterocycles. The first kappa shape index (κ1) is 8.73. The van der Waals surface area contributed by atoms with Gasteiger partial charge in [0.05, 0.1) is 6.61 Å². The summed E-state index contributed by atoms with van der Waals surface area (Å²) in [4.78, 5) is 0. The van der Waals surface area contributed by atoms with Crippen LogP contribution >= 0.6 is 0 Å². The van der Waals surface area contributed by atoms with E-state index in [4.69, 9.17) is 10.5 Å². The van der Waals surface area contributed by atoms with Crippen LogP contribution in [0.15, 0.2) is 18.2 Å². The van der Waals surface area contributed by atoms with Crippen molar-refractivity contribution in [1.82, 2.24) is 0 Å². The van der Waals surface area contributed by atoms with Crippen LogP contribution in [0.1, 0.15) is 29.2 Å². The van der Waals surface area contributed by atoms with Crippen LogP contribution in [-0.2, 0) is 11.3 Å². The van der Waals surface area contributed by atoms with Gasteiger partial charge in [0.1, 0.15) is 0 Å². The van der Waals surface area contributed by atoms with E-state index in [1.165, 1.54) is 16.7 Å². The summed E-state index contributed by atoms with van der Waals surface area (Å²) in [6.07, 6.45) is 0.927. The normalized spacial score (nSPS) is 22.2. The van der Waals surface area contributed by atoms with Crippen LogP contribution in [-0.4, -0.2) is 6.61 Å². The molecule has 2 nitrogen and oxygen atoms in total. The highest BCUT2D eigenvalue weighted by Crippen LogP contribution is 2.24. The van der Waals surface area contributed by atoms with E-state index in [1.54, 1.807) is 0 Å². The van der Waals surface area contributed by atoms with Crippen LogP contribution in [0.2, 0.25) is 0 Å². The first-order chi connectivity index (χ1) is 6.27. The number of ether oxygens (including phenoxy) is 1. The summed E-state index contributed by atoms with van der Waals surface area (Å²) < 4.78 is 5.45. The monoisotopic (exact) mass is 177 g/mol. The first-order valence-electron chi connectivity index (χ1n) is 4.70. The van der Waals surface area contributed by atoms with E-state index in [9.17, 15) is 0 Å². The molecule has 2 rings (SSSR count). The molecule has 13 heavy (non-hydrogen) atoms. The van der Waals surface area contributed by atoms with Gasteiger partial charge < -0.3 is 10.5 Å². The third kappa shape index (κ3) is 1.74. The maximum Gasteiger partial charge on any atom is 0.0720 e. The molecule has 1 aromatic carbocycles. The SMILES string of the molecule is Cc1ccc2c(c1)[C@H](N)CCOC2. The topological polar surface area (TPSA) is 35.2 Å². The summed E-state index contributed by atoms with van der Waals surface area (Å²) in [5, 5.41) is 0. The zero-order valence-electron chi connectivity index (χ0n) is 7.92. The van der Waals surface area contributed by atoms with Crippen LogP contribution in [0.5, 0.6) is 0 Å². The summed E-state index contributed by atoms with van der Waals surface area (Å²) in [7, 11) is 0. The van der Waals surface area contributed by atoms with Crippen molar-refractivity contribution >= 4 is 0 Å². The zero-order valence-corrected chi connectivity index (χ0v) is 7.92. The van der Waals surface area contributed by atoms with E-state index < -0.39 is 0 Å². The average Bonchev–Trinajstić information content (AvgIpc) is 2.29. The Balaban J connectivity index is 2.43. The van der Waals surface area contributed by atoms with Crippen LogP contribution in [0, 0.1) is 6.92 Å². The molecule has 0 spiro atoms. The van der Waals surface area contributed by atoms with Gasteiger partial charge in [0.25, 0.3) is 0 Å². The van der Waals surface area contributed by atoms with Gasteiger partial charge in [-0.25, -0.2) is 0 Å². The minimum atomic E-state index is 0.150. The fourth-order valence-electron chi connectivity index (χ4n) is 1.74. The molecule has 1 aliphatic heterocycles. The Morgan fingerprint density at radius 2 is 2.31 bits per heavy atom. The van der Waals surface area contributed by atoms with Crippen LogP contribution in [0.25, 0.3) is 0 Å². The first-order valence-corrected chi connectivity index (χ1v) is 4.70. The second-order valence-electron chi connectivity index (χ2n) is 3.65. The molecular formula is C11H15NO. The minimum Gasteiger partial charge on any atom is -0.377 e. The highest BCUT2D eigenvalue weighted by molar-refractivity contribution is 5.33. The molecule has 0 unspecified atom stereocenters. The molecule has 0 aliphatic carbocycles. The molecular weight excluding hydrogens is 162 g/mol. The van der Waals surface area contributed by atoms with Crippen molar-refractivity contribution in [2.24, 2.45) is 5.73 Å². The largest absolute Gasteiger partial charge is 0.377 e. The molecule has 2 heteroatoms. The number of aryl methyl sites for hydroxylation is 1. The van der Waals surface area contributed by atoms with Crippen molar-refractivity contribution in [3.63, 3.8) is 0 Å². The van der Waals surface area contributed by atoms with E-state index >= 15 is 0 Å². The van der Waals surface area contributed by atoms with Gasteiger partial charge in [-0.1, -0.05) is 23.8 Å². The Morgan fingerprint density at radius 1 is 1.46 bits per heavy atom. The van der Waals surface area contributed by atoms with E-state index in [2.05, 4.69) is 25.1 Å². The second-order valence-corrected chi connectivity index (χ2v) is 3.65. The lowest BCUT2D eigenvalue weighted by Crippen LogP contribution is -2.11. The zero-order chi connectivity index (χ0) is 9.26. The average molecular weight is 177 g/mol. The fourth-order valence-corrected chi connectivity index (χ4v) is 1.74. The van der Waals surface area contributed by atoms with Crippen LogP contribution in [0.4, 0.5) is 0 Å². The number of hydrogen-bond donors (Lipinski definition) is 1. The van der Waals surface area contributed by atoms with Gasteiger partial charge in [0.15, 0.2) is 0 Å². The third-order valence-corrected chi connectivity index (χ3v) is 2.53. The molecule has 0 radical (unpaired) electrons. The number of hydrogen-bond acceptors (Lipinski definition) is 2. The second kappa shape index (κ2) is 3.48. The molecule has 70 valence electrons. The van der Waals surface area contributed by atoms with Gasteiger partial charge in [0, 0.05) is 12.6 Å². The Kier molecular flexibility index (Phi) is 2.34. The number of rotatable bonds is 0. The van der Waals surface area contributed by atoms with Gasteiger partial charge >= 0.3 is 0 Å². The molecule has 0 amide bonds. The maximum absolute atomic E-state index is 6.04. The van der Waals surface area contributed by atoms with Crippen LogP contribution in [0.3, 0.4) is 0 Å². The maximum atomic E-state index is 6.04. The van der Waals surface area contributed by atoms with Gasteiger partial charge in [-0.2, -0.15) is 0 Å². The molecule has 1 aromatic rings. The predicted molar refractivity (Wildman–Crippen MR) is 52.4 cm³/mol. The number of nitrogens with two attached hydrogens (primary N) is 1. The highest BCUT2D eigenvalue weighted by atomic mass is 16.5. The molecule has 0 bridgehead atoms. The molecule has 0 fully saturated rings. The Labute approximate surface area is 78.7 Å². The summed E-state index contributed by atoms with van der Waals surface area (Å²) >= 11 is 0. The summed E-state index contributed by atoms with van der Waals surface area (Å²) in [6, 6.07) is 6.56. The fraction of sp³-hybridized carbons (Fsp3) is 0.455. The molecule has 1 atom stereocenters. The van der Waals surface area contributed by atoms with Crippen molar-refractivity contribution in [2.75, 3.05) is 6.61 Å². The van der Waals surface area contributed by atoms with Crippen molar-refractivity contribution in [3.8, 4) is 0 Å². The van der Waals surface area contributed by atoms with Gasteiger partial charge in [-0.15, -0.1) is 0 Å². The Morgan fingerprint density at radius 3 is 3.15 bits per heavy atom. The third-order valence-electron chi connectivity index (χ3n) is 2.53. The summed E-state index contributed by atoms with van der Waals surface area (Å²) in [5.41, 5.74) is 9.82. The predicted octanol–water partition coefficient (Wildman–Crippen LogP) is 1.92. The lowest BCUT2D eigenvalue weighted by Gasteiger charge is -2.11. The lowest BCUT2D eigenvalue weighted by molar-refractivity contribution is 0.122. The minimum absolute atomic E-state index is 0.150. The highest BCUT2D eigenvalue weighted by Gasteiger charge is 2.14.